The number of amides is 4. The van der Waals surface area contributed by atoms with Crippen molar-refractivity contribution in [2.24, 2.45) is 17.4 Å². The number of carboxylic acids is 1. The van der Waals surface area contributed by atoms with Gasteiger partial charge in [-0.25, -0.2) is 0 Å². The molecule has 13 heteroatoms. The molecule has 2 aromatic rings. The summed E-state index contributed by atoms with van der Waals surface area (Å²) in [4.78, 5) is 68.0. The molecule has 13 nitrogen and oxygen atoms in total. The van der Waals surface area contributed by atoms with Gasteiger partial charge in [0.05, 0.1) is 6.04 Å². The lowest BCUT2D eigenvalue weighted by atomic mass is 9.88. The molecule has 1 saturated heterocycles. The number of aliphatic carboxylic acids is 1. The van der Waals surface area contributed by atoms with E-state index < -0.39 is 53.4 Å². The van der Waals surface area contributed by atoms with E-state index in [0.717, 1.165) is 11.1 Å². The molecule has 0 saturated carbocycles. The average molecular weight is 694 g/mol. The Morgan fingerprint density at radius 3 is 1.78 bits per heavy atom. The van der Waals surface area contributed by atoms with Crippen molar-refractivity contribution in [3.8, 4) is 0 Å². The van der Waals surface area contributed by atoms with E-state index in [1.54, 1.807) is 0 Å². The summed E-state index contributed by atoms with van der Waals surface area (Å²) in [6.45, 7) is 8.51. The molecule has 0 spiro atoms. The molecule has 0 unspecified atom stereocenters. The van der Waals surface area contributed by atoms with Crippen LogP contribution in [0.15, 0.2) is 60.7 Å². The van der Waals surface area contributed by atoms with E-state index in [1.807, 2.05) is 88.4 Å². The fourth-order valence-corrected chi connectivity index (χ4v) is 5.88. The van der Waals surface area contributed by atoms with Crippen LogP contribution in [-0.2, 0) is 36.8 Å². The van der Waals surface area contributed by atoms with Gasteiger partial charge in [-0.15, -0.1) is 0 Å². The van der Waals surface area contributed by atoms with Crippen LogP contribution in [0.1, 0.15) is 64.5 Å². The molecule has 4 atom stereocenters. The zero-order valence-electron chi connectivity index (χ0n) is 29.7. The second-order valence-electron chi connectivity index (χ2n) is 14.0. The van der Waals surface area contributed by atoms with E-state index in [1.165, 1.54) is 4.90 Å². The topological polar surface area (TPSA) is 209 Å². The van der Waals surface area contributed by atoms with Crippen LogP contribution >= 0.6 is 0 Å². The molecule has 3 rings (SSSR count). The van der Waals surface area contributed by atoms with Crippen LogP contribution in [0.5, 0.6) is 0 Å². The van der Waals surface area contributed by atoms with Crippen molar-refractivity contribution in [1.29, 1.82) is 0 Å². The molecular formula is C37H55N7O6. The minimum absolute atomic E-state index is 0.0000543. The van der Waals surface area contributed by atoms with Crippen molar-refractivity contribution < 1.29 is 29.1 Å². The van der Waals surface area contributed by atoms with E-state index in [9.17, 15) is 29.1 Å². The van der Waals surface area contributed by atoms with Gasteiger partial charge in [-0.2, -0.15) is 0 Å². The van der Waals surface area contributed by atoms with Gasteiger partial charge in [0.15, 0.2) is 0 Å². The highest BCUT2D eigenvalue weighted by atomic mass is 16.4. The number of nitrogens with two attached hydrogens (primary N) is 2. The SMILES string of the molecule is CC(C)C[C@@H](NC(=O)[C@@H](Cc1ccccc1)NC(=O)[C@H](N)Cc1ccccc1)C(=O)N[C@H](CCNC(C)C)C(=O)N1CCC(N)(C(=O)O)CC1. The van der Waals surface area contributed by atoms with E-state index in [4.69, 9.17) is 11.5 Å². The molecule has 9 N–H and O–H groups in total. The minimum atomic E-state index is -1.40. The molecule has 2 aromatic carbocycles. The average Bonchev–Trinajstić information content (AvgIpc) is 3.07. The summed E-state index contributed by atoms with van der Waals surface area (Å²) < 4.78 is 0. The fraction of sp³-hybridized carbons (Fsp3) is 0.541. The Kier molecular flexibility index (Phi) is 15.4. The quantitative estimate of drug-likeness (QED) is 0.119. The largest absolute Gasteiger partial charge is 0.480 e. The van der Waals surface area contributed by atoms with E-state index in [-0.39, 0.29) is 69.5 Å². The third-order valence-electron chi connectivity index (χ3n) is 8.88. The summed E-state index contributed by atoms with van der Waals surface area (Å²) in [5.41, 5.74) is 12.6. The van der Waals surface area contributed by atoms with Gasteiger partial charge in [0.1, 0.15) is 23.7 Å². The molecule has 0 radical (unpaired) electrons. The van der Waals surface area contributed by atoms with Gasteiger partial charge in [-0.1, -0.05) is 88.4 Å². The van der Waals surface area contributed by atoms with Crippen LogP contribution in [0.4, 0.5) is 0 Å². The molecule has 0 bridgehead atoms. The first-order chi connectivity index (χ1) is 23.7. The number of nitrogens with zero attached hydrogens (tertiary/aromatic N) is 1. The molecule has 0 aromatic heterocycles. The van der Waals surface area contributed by atoms with Crippen molar-refractivity contribution in [2.45, 2.75) is 102 Å². The zero-order chi connectivity index (χ0) is 36.8. The Hall–Kier alpha value is -4.33. The maximum atomic E-state index is 13.9. The lowest BCUT2D eigenvalue weighted by Gasteiger charge is -2.38. The molecule has 1 fully saturated rings. The molecule has 274 valence electrons. The Balaban J connectivity index is 1.78. The fourth-order valence-electron chi connectivity index (χ4n) is 5.88. The summed E-state index contributed by atoms with van der Waals surface area (Å²) >= 11 is 0. The van der Waals surface area contributed by atoms with E-state index in [2.05, 4.69) is 21.3 Å². The van der Waals surface area contributed by atoms with Gasteiger partial charge in [-0.3, -0.25) is 24.0 Å². The number of rotatable bonds is 18. The Morgan fingerprint density at radius 1 is 0.760 bits per heavy atom. The molecule has 0 aliphatic carbocycles. The molecule has 50 heavy (non-hydrogen) atoms. The number of benzene rings is 2. The number of carboxylic acid groups (broad SMARTS) is 1. The molecular weight excluding hydrogens is 638 g/mol. The van der Waals surface area contributed by atoms with Crippen molar-refractivity contribution in [3.05, 3.63) is 71.8 Å². The highest BCUT2D eigenvalue weighted by molar-refractivity contribution is 5.95. The summed E-state index contributed by atoms with van der Waals surface area (Å²) in [6, 6.07) is 14.9. The van der Waals surface area contributed by atoms with Crippen LogP contribution in [-0.4, -0.2) is 95.0 Å². The van der Waals surface area contributed by atoms with Gasteiger partial charge in [0.2, 0.25) is 23.6 Å². The smallest absolute Gasteiger partial charge is 0.323 e. The third kappa shape index (κ3) is 12.5. The van der Waals surface area contributed by atoms with E-state index in [0.29, 0.717) is 6.54 Å². The van der Waals surface area contributed by atoms with Crippen molar-refractivity contribution >= 4 is 29.6 Å². The van der Waals surface area contributed by atoms with E-state index >= 15 is 0 Å². The molecule has 1 aliphatic rings. The van der Waals surface area contributed by atoms with Crippen molar-refractivity contribution in [3.63, 3.8) is 0 Å². The minimum Gasteiger partial charge on any atom is -0.480 e. The number of carbonyl (C=O) groups excluding carboxylic acids is 4. The zero-order valence-corrected chi connectivity index (χ0v) is 29.7. The summed E-state index contributed by atoms with van der Waals surface area (Å²) in [5, 5.41) is 21.3. The number of nitrogens with one attached hydrogen (secondary N) is 4. The summed E-state index contributed by atoms with van der Waals surface area (Å²) in [6.07, 6.45) is 1.19. The Labute approximate surface area is 295 Å². The van der Waals surface area contributed by atoms with Gasteiger partial charge < -0.3 is 42.7 Å². The number of hydrogen-bond donors (Lipinski definition) is 7. The van der Waals surface area contributed by atoms with Crippen LogP contribution in [0.3, 0.4) is 0 Å². The maximum absolute atomic E-state index is 13.9. The Morgan fingerprint density at radius 2 is 1.26 bits per heavy atom. The standard InChI is InChI=1S/C37H55N7O6/c1-24(2)21-30(33(46)41-29(15-18-40-25(3)4)35(48)44-19-16-37(39,17-20-44)36(49)50)43-34(47)31(23-27-13-9-6-10-14-27)42-32(45)28(38)22-26-11-7-5-8-12-26/h5-14,24-25,28-31,40H,15-23,38-39H2,1-4H3,(H,41,46)(H,42,45)(H,43,47)(H,49,50)/t28-,29-,30-,31-/m1/s1. The van der Waals surface area contributed by atoms with Crippen LogP contribution in [0.25, 0.3) is 0 Å². The highest BCUT2D eigenvalue weighted by Crippen LogP contribution is 2.21. The molecule has 1 aliphatic heterocycles. The second-order valence-corrected chi connectivity index (χ2v) is 14.0. The number of hydrogen-bond acceptors (Lipinski definition) is 8. The first kappa shape index (κ1) is 40.1. The number of piperidine rings is 1. The predicted octanol–water partition coefficient (Wildman–Crippen LogP) is 1.09. The number of carbonyl (C=O) groups is 5. The second kappa shape index (κ2) is 19.2. The van der Waals surface area contributed by atoms with Gasteiger partial charge >= 0.3 is 5.97 Å². The van der Waals surface area contributed by atoms with Crippen LogP contribution < -0.4 is 32.7 Å². The monoisotopic (exact) mass is 693 g/mol. The number of likely N-dealkylation sites (tertiary alicyclic amines) is 1. The normalized spacial score (nSPS) is 16.6. The summed E-state index contributed by atoms with van der Waals surface area (Å²) in [7, 11) is 0. The third-order valence-corrected chi connectivity index (χ3v) is 8.88. The van der Waals surface area contributed by atoms with Gasteiger partial charge in [0, 0.05) is 25.6 Å². The lowest BCUT2D eigenvalue weighted by Crippen LogP contribution is -2.61. The summed E-state index contributed by atoms with van der Waals surface area (Å²) in [5.74, 6) is -3.03. The van der Waals surface area contributed by atoms with Crippen molar-refractivity contribution in [2.75, 3.05) is 19.6 Å². The lowest BCUT2D eigenvalue weighted by molar-refractivity contribution is -0.148. The first-order valence-corrected chi connectivity index (χ1v) is 17.5. The first-order valence-electron chi connectivity index (χ1n) is 17.5. The highest BCUT2D eigenvalue weighted by Gasteiger charge is 2.40. The van der Waals surface area contributed by atoms with Gasteiger partial charge in [0.25, 0.3) is 0 Å². The van der Waals surface area contributed by atoms with Crippen molar-refractivity contribution in [1.82, 2.24) is 26.2 Å². The molecule has 4 amide bonds. The predicted molar refractivity (Wildman–Crippen MR) is 192 cm³/mol. The molecule has 1 heterocycles. The van der Waals surface area contributed by atoms with Gasteiger partial charge in [-0.05, 0) is 55.7 Å². The maximum Gasteiger partial charge on any atom is 0.323 e. The Bertz CT molecular complexity index is 1410. The van der Waals surface area contributed by atoms with Crippen LogP contribution in [0, 0.1) is 5.92 Å². The van der Waals surface area contributed by atoms with Crippen LogP contribution in [0.2, 0.25) is 0 Å².